The first-order valence-electron chi connectivity index (χ1n) is 5.11. The molecule has 0 radical (unpaired) electrons. The highest BCUT2D eigenvalue weighted by Gasteiger charge is 2.12. The van der Waals surface area contributed by atoms with Gasteiger partial charge in [0.15, 0.2) is 5.82 Å². The summed E-state index contributed by atoms with van der Waals surface area (Å²) < 4.78 is 0. The second kappa shape index (κ2) is 5.42. The van der Waals surface area contributed by atoms with Crippen LogP contribution >= 0.6 is 11.6 Å². The smallest absolute Gasteiger partial charge is 0.258 e. The second-order valence-electron chi connectivity index (χ2n) is 3.34. The molecule has 2 N–H and O–H groups in total. The molecule has 2 aromatic heterocycles. The highest BCUT2D eigenvalue weighted by atomic mass is 35.5. The first-order valence-corrected chi connectivity index (χ1v) is 5.49. The normalized spacial score (nSPS) is 9.89. The predicted octanol–water partition coefficient (Wildman–Crippen LogP) is 1.82. The van der Waals surface area contributed by atoms with E-state index in [2.05, 4.69) is 25.6 Å². The van der Waals surface area contributed by atoms with E-state index < -0.39 is 0 Å². The van der Waals surface area contributed by atoms with E-state index in [4.69, 9.17) is 11.6 Å². The summed E-state index contributed by atoms with van der Waals surface area (Å²) in [5.41, 5.74) is 0.321. The van der Waals surface area contributed by atoms with Gasteiger partial charge in [0.05, 0.1) is 16.8 Å². The third-order valence-electron chi connectivity index (χ3n) is 2.16. The Morgan fingerprint density at radius 1 is 1.22 bits per heavy atom. The molecule has 0 saturated heterocycles. The van der Waals surface area contributed by atoms with Gasteiger partial charge in [-0.25, -0.2) is 9.97 Å². The van der Waals surface area contributed by atoms with Crippen molar-refractivity contribution in [3.05, 3.63) is 41.4 Å². The Morgan fingerprint density at radius 3 is 2.72 bits per heavy atom. The maximum atomic E-state index is 12.0. The van der Waals surface area contributed by atoms with Crippen molar-refractivity contribution in [2.45, 2.75) is 0 Å². The topological polar surface area (TPSA) is 79.8 Å². The van der Waals surface area contributed by atoms with Gasteiger partial charge in [-0.2, -0.15) is 0 Å². The zero-order valence-corrected chi connectivity index (χ0v) is 10.3. The number of nitrogens with zero attached hydrogens (tertiary/aromatic N) is 3. The van der Waals surface area contributed by atoms with E-state index in [1.807, 2.05) is 0 Å². The van der Waals surface area contributed by atoms with E-state index in [1.54, 1.807) is 13.1 Å². The molecule has 6 nitrogen and oxygen atoms in total. The van der Waals surface area contributed by atoms with Crippen molar-refractivity contribution in [3.8, 4) is 0 Å². The van der Waals surface area contributed by atoms with Crippen LogP contribution in [0.3, 0.4) is 0 Å². The van der Waals surface area contributed by atoms with Crippen molar-refractivity contribution in [3.63, 3.8) is 0 Å². The van der Waals surface area contributed by atoms with Gasteiger partial charge in [-0.05, 0) is 6.07 Å². The lowest BCUT2D eigenvalue weighted by Gasteiger charge is -2.07. The van der Waals surface area contributed by atoms with Crippen LogP contribution in [0, 0.1) is 0 Å². The van der Waals surface area contributed by atoms with Crippen molar-refractivity contribution in [1.82, 2.24) is 15.0 Å². The minimum atomic E-state index is -0.362. The molecule has 0 aromatic carbocycles. The zero-order chi connectivity index (χ0) is 13.0. The van der Waals surface area contributed by atoms with Crippen molar-refractivity contribution in [2.24, 2.45) is 0 Å². The minimum absolute atomic E-state index is 0.274. The highest BCUT2D eigenvalue weighted by molar-refractivity contribution is 6.34. The summed E-state index contributed by atoms with van der Waals surface area (Å²) in [5.74, 6) is 0.560. The number of halogens is 1. The monoisotopic (exact) mass is 263 g/mol. The van der Waals surface area contributed by atoms with E-state index in [0.29, 0.717) is 17.2 Å². The number of hydrogen-bond acceptors (Lipinski definition) is 5. The number of carbonyl (C=O) groups excluding carboxylic acids is 1. The van der Waals surface area contributed by atoms with Crippen LogP contribution in [-0.2, 0) is 0 Å². The molecular formula is C11H10ClN5O. The molecular weight excluding hydrogens is 254 g/mol. The van der Waals surface area contributed by atoms with Gasteiger partial charge in [-0.1, -0.05) is 11.6 Å². The Morgan fingerprint density at radius 2 is 2.06 bits per heavy atom. The Labute approximate surface area is 108 Å². The number of rotatable bonds is 3. The van der Waals surface area contributed by atoms with Gasteiger partial charge in [0.2, 0.25) is 0 Å². The lowest BCUT2D eigenvalue weighted by Crippen LogP contribution is -2.14. The minimum Gasteiger partial charge on any atom is -0.373 e. The highest BCUT2D eigenvalue weighted by Crippen LogP contribution is 2.18. The fraction of sp³-hybridized carbons (Fsp3) is 0.0909. The SMILES string of the molecule is CNc1cc(C(=O)Nc2cnccn2)c(Cl)cn1. The standard InChI is InChI=1S/C11H10ClN5O/c1-13-9-4-7(8(12)5-16-9)11(18)17-10-6-14-2-3-15-10/h2-6H,1H3,(H,13,16)(H,15,17,18). The summed E-state index contributed by atoms with van der Waals surface area (Å²) in [6, 6.07) is 1.56. The summed E-state index contributed by atoms with van der Waals surface area (Å²) in [6.07, 6.45) is 5.88. The molecule has 7 heteroatoms. The zero-order valence-electron chi connectivity index (χ0n) is 9.51. The average Bonchev–Trinajstić information content (AvgIpc) is 2.40. The number of hydrogen-bond donors (Lipinski definition) is 2. The first kappa shape index (κ1) is 12.3. The van der Waals surface area contributed by atoms with Crippen LogP contribution in [0.1, 0.15) is 10.4 Å². The van der Waals surface area contributed by atoms with Gasteiger partial charge < -0.3 is 10.6 Å². The molecule has 0 aliphatic heterocycles. The van der Waals surface area contributed by atoms with Crippen LogP contribution in [0.5, 0.6) is 0 Å². The van der Waals surface area contributed by atoms with E-state index in [-0.39, 0.29) is 10.9 Å². The quantitative estimate of drug-likeness (QED) is 0.883. The van der Waals surface area contributed by atoms with Crippen LogP contribution in [0.25, 0.3) is 0 Å². The molecule has 0 spiro atoms. The Hall–Kier alpha value is -2.21. The molecule has 2 rings (SSSR count). The van der Waals surface area contributed by atoms with Crippen LogP contribution in [0.15, 0.2) is 30.9 Å². The fourth-order valence-electron chi connectivity index (χ4n) is 1.30. The number of anilines is 2. The predicted molar refractivity (Wildman–Crippen MR) is 68.8 cm³/mol. The van der Waals surface area contributed by atoms with Gasteiger partial charge >= 0.3 is 0 Å². The van der Waals surface area contributed by atoms with E-state index in [0.717, 1.165) is 0 Å². The van der Waals surface area contributed by atoms with E-state index in [1.165, 1.54) is 24.8 Å². The van der Waals surface area contributed by atoms with Gasteiger partial charge in [0.1, 0.15) is 5.82 Å². The average molecular weight is 264 g/mol. The van der Waals surface area contributed by atoms with E-state index in [9.17, 15) is 4.79 Å². The number of pyridine rings is 1. The molecule has 0 bridgehead atoms. The van der Waals surface area contributed by atoms with Gasteiger partial charge in [-0.15, -0.1) is 0 Å². The van der Waals surface area contributed by atoms with E-state index >= 15 is 0 Å². The molecule has 0 atom stereocenters. The number of aromatic nitrogens is 3. The molecule has 92 valence electrons. The maximum absolute atomic E-state index is 12.0. The van der Waals surface area contributed by atoms with Crippen molar-refractivity contribution < 1.29 is 4.79 Å². The molecule has 2 heterocycles. The Bertz CT molecular complexity index is 561. The molecule has 18 heavy (non-hydrogen) atoms. The molecule has 0 saturated carbocycles. The van der Waals surface area contributed by atoms with Crippen molar-refractivity contribution >= 4 is 29.1 Å². The van der Waals surface area contributed by atoms with Crippen molar-refractivity contribution in [1.29, 1.82) is 0 Å². The number of carbonyl (C=O) groups is 1. The molecule has 0 aliphatic carbocycles. The molecule has 1 amide bonds. The van der Waals surface area contributed by atoms with Gasteiger partial charge in [0.25, 0.3) is 5.91 Å². The van der Waals surface area contributed by atoms with Crippen LogP contribution in [-0.4, -0.2) is 27.9 Å². The number of nitrogens with one attached hydrogen (secondary N) is 2. The van der Waals surface area contributed by atoms with Gasteiger partial charge in [0, 0.05) is 25.6 Å². The second-order valence-corrected chi connectivity index (χ2v) is 3.75. The molecule has 0 fully saturated rings. The summed E-state index contributed by atoms with van der Waals surface area (Å²) in [7, 11) is 1.71. The lowest BCUT2D eigenvalue weighted by molar-refractivity contribution is 0.102. The van der Waals surface area contributed by atoms with Crippen LogP contribution < -0.4 is 10.6 Å². The fourth-order valence-corrected chi connectivity index (χ4v) is 1.49. The van der Waals surface area contributed by atoms with Gasteiger partial charge in [-0.3, -0.25) is 9.78 Å². The Balaban J connectivity index is 2.23. The Kier molecular flexibility index (Phi) is 3.69. The third-order valence-corrected chi connectivity index (χ3v) is 2.46. The lowest BCUT2D eigenvalue weighted by atomic mass is 10.2. The summed E-state index contributed by atoms with van der Waals surface area (Å²) >= 11 is 5.93. The largest absolute Gasteiger partial charge is 0.373 e. The maximum Gasteiger partial charge on any atom is 0.258 e. The number of amides is 1. The summed E-state index contributed by atoms with van der Waals surface area (Å²) in [5, 5.41) is 5.71. The van der Waals surface area contributed by atoms with Crippen LogP contribution in [0.4, 0.5) is 11.6 Å². The molecule has 0 unspecified atom stereocenters. The third kappa shape index (κ3) is 2.72. The molecule has 0 aliphatic rings. The van der Waals surface area contributed by atoms with Crippen LogP contribution in [0.2, 0.25) is 5.02 Å². The molecule has 2 aromatic rings. The summed E-state index contributed by atoms with van der Waals surface area (Å²) in [6.45, 7) is 0. The summed E-state index contributed by atoms with van der Waals surface area (Å²) in [4.78, 5) is 23.8. The first-order chi connectivity index (χ1) is 8.70. The van der Waals surface area contributed by atoms with Crippen molar-refractivity contribution in [2.75, 3.05) is 17.7 Å².